The van der Waals surface area contributed by atoms with E-state index in [1.807, 2.05) is 0 Å². The maximum atomic E-state index is 11.4. The van der Waals surface area contributed by atoms with Crippen molar-refractivity contribution in [1.82, 2.24) is 14.3 Å². The average molecular weight is 205 g/mol. The summed E-state index contributed by atoms with van der Waals surface area (Å²) in [6.07, 6.45) is 0. The second-order valence-corrected chi connectivity index (χ2v) is 5.83. The highest BCUT2D eigenvalue weighted by Gasteiger charge is 2.54. The second kappa shape index (κ2) is 2.91. The van der Waals surface area contributed by atoms with Gasteiger partial charge in [0.25, 0.3) is 10.2 Å². The van der Waals surface area contributed by atoms with E-state index in [1.54, 1.807) is 14.1 Å². The Kier molecular flexibility index (Phi) is 2.10. The number of fused-ring (bicyclic) bond motifs is 1. The van der Waals surface area contributed by atoms with E-state index in [4.69, 9.17) is 0 Å². The monoisotopic (exact) mass is 205 g/mol. The lowest BCUT2D eigenvalue weighted by atomic mass is 10.4. The molecule has 2 fully saturated rings. The predicted molar refractivity (Wildman–Crippen MR) is 49.4 cm³/mol. The van der Waals surface area contributed by atoms with Gasteiger partial charge in [0.15, 0.2) is 0 Å². The Morgan fingerprint density at radius 2 is 1.85 bits per heavy atom. The van der Waals surface area contributed by atoms with Crippen LogP contribution < -0.4 is 10.0 Å². The van der Waals surface area contributed by atoms with Crippen LogP contribution in [0.3, 0.4) is 0 Å². The molecular formula is C7H15N3O2S. The molecule has 2 aliphatic rings. The van der Waals surface area contributed by atoms with Crippen LogP contribution in [0.1, 0.15) is 0 Å². The Labute approximate surface area is 78.7 Å². The van der Waals surface area contributed by atoms with Gasteiger partial charge >= 0.3 is 0 Å². The van der Waals surface area contributed by atoms with Gasteiger partial charge in [-0.15, -0.1) is 0 Å². The van der Waals surface area contributed by atoms with E-state index in [-0.39, 0.29) is 6.04 Å². The molecule has 6 heteroatoms. The third kappa shape index (κ3) is 1.59. The summed E-state index contributed by atoms with van der Waals surface area (Å²) in [5.74, 6) is 1.05. The maximum Gasteiger partial charge on any atom is 0.279 e. The van der Waals surface area contributed by atoms with E-state index in [0.717, 1.165) is 13.1 Å². The lowest BCUT2D eigenvalue weighted by molar-refractivity contribution is 0.496. The Hall–Kier alpha value is -0.170. The topological polar surface area (TPSA) is 61.4 Å². The minimum Gasteiger partial charge on any atom is -0.316 e. The summed E-state index contributed by atoms with van der Waals surface area (Å²) in [6.45, 7) is 1.90. The van der Waals surface area contributed by atoms with Crippen LogP contribution in [0.5, 0.6) is 0 Å². The largest absolute Gasteiger partial charge is 0.316 e. The van der Waals surface area contributed by atoms with E-state index in [1.165, 1.54) is 4.31 Å². The summed E-state index contributed by atoms with van der Waals surface area (Å²) < 4.78 is 26.7. The predicted octanol–water partition coefficient (Wildman–Crippen LogP) is -1.40. The molecule has 1 aliphatic carbocycles. The van der Waals surface area contributed by atoms with Gasteiger partial charge in [0, 0.05) is 20.1 Å². The molecule has 0 amide bonds. The minimum absolute atomic E-state index is 0.175. The van der Waals surface area contributed by atoms with Crippen LogP contribution in [0.25, 0.3) is 0 Å². The fourth-order valence-corrected chi connectivity index (χ4v) is 2.77. The molecule has 0 spiro atoms. The Morgan fingerprint density at radius 3 is 2.31 bits per heavy atom. The molecule has 1 heterocycles. The Balaban J connectivity index is 1.94. The Morgan fingerprint density at radius 1 is 1.31 bits per heavy atom. The van der Waals surface area contributed by atoms with Crippen LogP contribution in [0, 0.1) is 11.8 Å². The third-order valence-electron chi connectivity index (χ3n) is 2.86. The highest BCUT2D eigenvalue weighted by Crippen LogP contribution is 2.41. The van der Waals surface area contributed by atoms with Crippen molar-refractivity contribution in [2.75, 3.05) is 27.2 Å². The zero-order valence-electron chi connectivity index (χ0n) is 7.82. The molecule has 0 aromatic carbocycles. The van der Waals surface area contributed by atoms with Gasteiger partial charge in [0.05, 0.1) is 0 Å². The maximum absolute atomic E-state index is 11.4. The summed E-state index contributed by atoms with van der Waals surface area (Å²) >= 11 is 0. The van der Waals surface area contributed by atoms with Crippen LogP contribution in [0.15, 0.2) is 0 Å². The number of hydrogen-bond acceptors (Lipinski definition) is 3. The lowest BCUT2D eigenvalue weighted by Gasteiger charge is -2.13. The van der Waals surface area contributed by atoms with Crippen molar-refractivity contribution in [3.63, 3.8) is 0 Å². The summed E-state index contributed by atoms with van der Waals surface area (Å²) in [4.78, 5) is 0. The van der Waals surface area contributed by atoms with E-state index >= 15 is 0 Å². The van der Waals surface area contributed by atoms with Gasteiger partial charge in [-0.2, -0.15) is 17.4 Å². The van der Waals surface area contributed by atoms with Crippen molar-refractivity contribution in [1.29, 1.82) is 0 Å². The minimum atomic E-state index is -3.22. The Bertz CT molecular complexity index is 291. The lowest BCUT2D eigenvalue weighted by Crippen LogP contribution is -2.40. The molecule has 0 aromatic rings. The summed E-state index contributed by atoms with van der Waals surface area (Å²) in [5, 5.41) is 3.22. The van der Waals surface area contributed by atoms with Gasteiger partial charge in [-0.1, -0.05) is 0 Å². The number of nitrogens with one attached hydrogen (secondary N) is 2. The van der Waals surface area contributed by atoms with E-state index in [0.29, 0.717) is 11.8 Å². The first-order valence-corrected chi connectivity index (χ1v) is 5.87. The summed E-state index contributed by atoms with van der Waals surface area (Å²) in [6, 6.07) is 0.175. The van der Waals surface area contributed by atoms with Gasteiger partial charge in [-0.05, 0) is 24.9 Å². The molecule has 1 saturated heterocycles. The summed E-state index contributed by atoms with van der Waals surface area (Å²) in [7, 11) is -0.141. The standard InChI is InChI=1S/C7H15N3O2S/c1-10(2)13(11,12)9-7-5-3-8-4-6(5)7/h5-9H,3-4H2,1-2H3/t5-,6+,7?. The first-order valence-electron chi connectivity index (χ1n) is 4.43. The van der Waals surface area contributed by atoms with Crippen molar-refractivity contribution in [3.05, 3.63) is 0 Å². The van der Waals surface area contributed by atoms with E-state index in [2.05, 4.69) is 10.0 Å². The van der Waals surface area contributed by atoms with Crippen LogP contribution in [0.2, 0.25) is 0 Å². The molecule has 3 atom stereocenters. The van der Waals surface area contributed by atoms with Crippen LogP contribution in [0.4, 0.5) is 0 Å². The molecule has 0 radical (unpaired) electrons. The average Bonchev–Trinajstić information content (AvgIpc) is 2.49. The SMILES string of the molecule is CN(C)S(=O)(=O)NC1[C@H]2CNC[C@@H]12. The molecule has 76 valence electrons. The molecule has 1 unspecified atom stereocenters. The quantitative estimate of drug-likeness (QED) is 0.596. The van der Waals surface area contributed by atoms with Crippen molar-refractivity contribution in [2.45, 2.75) is 6.04 Å². The second-order valence-electron chi connectivity index (χ2n) is 3.92. The normalized spacial score (nSPS) is 37.9. The van der Waals surface area contributed by atoms with Gasteiger partial charge in [0.2, 0.25) is 0 Å². The van der Waals surface area contributed by atoms with Gasteiger partial charge in [-0.25, -0.2) is 0 Å². The van der Waals surface area contributed by atoms with Gasteiger partial charge < -0.3 is 5.32 Å². The van der Waals surface area contributed by atoms with Crippen molar-refractivity contribution in [2.24, 2.45) is 11.8 Å². The third-order valence-corrected chi connectivity index (χ3v) is 4.39. The molecule has 5 nitrogen and oxygen atoms in total. The first-order chi connectivity index (χ1) is 6.02. The van der Waals surface area contributed by atoms with Crippen molar-refractivity contribution in [3.8, 4) is 0 Å². The molecule has 1 aliphatic heterocycles. The highest BCUT2D eigenvalue weighted by molar-refractivity contribution is 7.87. The first kappa shape index (κ1) is 9.39. The molecule has 13 heavy (non-hydrogen) atoms. The van der Waals surface area contributed by atoms with Crippen LogP contribution in [-0.2, 0) is 10.2 Å². The molecule has 2 N–H and O–H groups in total. The zero-order valence-corrected chi connectivity index (χ0v) is 8.63. The van der Waals surface area contributed by atoms with Crippen LogP contribution in [-0.4, -0.2) is 45.9 Å². The molecule has 2 rings (SSSR count). The van der Waals surface area contributed by atoms with E-state index in [9.17, 15) is 8.42 Å². The van der Waals surface area contributed by atoms with Gasteiger partial charge in [-0.3, -0.25) is 0 Å². The highest BCUT2D eigenvalue weighted by atomic mass is 32.2. The number of piperidine rings is 1. The number of nitrogens with zero attached hydrogens (tertiary/aromatic N) is 1. The van der Waals surface area contributed by atoms with Crippen LogP contribution >= 0.6 is 0 Å². The smallest absolute Gasteiger partial charge is 0.279 e. The molecule has 0 bridgehead atoms. The van der Waals surface area contributed by atoms with Crippen molar-refractivity contribution < 1.29 is 8.42 Å². The fourth-order valence-electron chi connectivity index (χ4n) is 1.87. The summed E-state index contributed by atoms with van der Waals surface area (Å²) in [5.41, 5.74) is 0. The molecular weight excluding hydrogens is 190 g/mol. The van der Waals surface area contributed by atoms with E-state index < -0.39 is 10.2 Å². The van der Waals surface area contributed by atoms with Gasteiger partial charge in [0.1, 0.15) is 0 Å². The fraction of sp³-hybridized carbons (Fsp3) is 1.00. The van der Waals surface area contributed by atoms with Crippen molar-refractivity contribution >= 4 is 10.2 Å². The molecule has 0 aromatic heterocycles. The molecule has 1 saturated carbocycles. The number of rotatable bonds is 3. The number of hydrogen-bond donors (Lipinski definition) is 2. The zero-order chi connectivity index (χ0) is 9.64.